The molecule has 0 N–H and O–H groups in total. The second kappa shape index (κ2) is 12.8. The van der Waals surface area contributed by atoms with E-state index in [1.165, 1.54) is 36.8 Å². The summed E-state index contributed by atoms with van der Waals surface area (Å²) in [5, 5.41) is 0. The molecule has 7 heteroatoms. The lowest BCUT2D eigenvalue weighted by Crippen LogP contribution is -2.77. The van der Waals surface area contributed by atoms with E-state index in [0.717, 1.165) is 53.2 Å². The number of carbonyl (C=O) groups excluding carboxylic acids is 1. The van der Waals surface area contributed by atoms with Crippen molar-refractivity contribution in [3.63, 3.8) is 0 Å². The van der Waals surface area contributed by atoms with Crippen LogP contribution in [0, 0.1) is 44.9 Å². The van der Waals surface area contributed by atoms with E-state index in [9.17, 15) is 4.79 Å². The van der Waals surface area contributed by atoms with Crippen molar-refractivity contribution < 1.29 is 11.0 Å². The maximum Gasteiger partial charge on any atom is 0.254 e. The van der Waals surface area contributed by atoms with Crippen molar-refractivity contribution in [3.8, 4) is 17.1 Å². The Morgan fingerprint density at radius 3 is 2.25 bits per heavy atom. The second-order valence-corrected chi connectivity index (χ2v) is 16.9. The Balaban J connectivity index is 0.00000420. The molecule has 2 atom stereocenters. The highest BCUT2D eigenvalue weighted by atomic mass is 16.5. The van der Waals surface area contributed by atoms with Crippen molar-refractivity contribution in [1.82, 2.24) is 19.9 Å². The molecule has 1 unspecified atom stereocenters. The summed E-state index contributed by atoms with van der Waals surface area (Å²) in [6.07, 6.45) is 8.20. The molecular formula is C44H55N5O2. The minimum absolute atomic E-state index is 0. The lowest BCUT2D eigenvalue weighted by Gasteiger charge is -2.72. The van der Waals surface area contributed by atoms with Crippen LogP contribution in [-0.2, 0) is 0 Å². The number of carbonyl (C=O) groups is 1. The number of hydrogen-bond donors (Lipinski definition) is 0. The normalized spacial score (nSPS) is 23.2. The monoisotopic (exact) mass is 685 g/mol. The summed E-state index contributed by atoms with van der Waals surface area (Å²) in [5.41, 5.74) is 7.62. The second-order valence-electron chi connectivity index (χ2n) is 16.9. The van der Waals surface area contributed by atoms with Crippen LogP contribution in [0.25, 0.3) is 11.3 Å². The number of amides is 1. The molecule has 1 spiro atoms. The average Bonchev–Trinajstić information content (AvgIpc) is 3.85. The number of aryl methyl sites for hydroxylation is 4. The first kappa shape index (κ1) is 33.9. The molecule has 2 aromatic heterocycles. The number of benzene rings is 2. The zero-order chi connectivity index (χ0) is 35.7. The lowest BCUT2D eigenvalue weighted by molar-refractivity contribution is -0.171. The third-order valence-corrected chi connectivity index (χ3v) is 12.6. The quantitative estimate of drug-likeness (QED) is 0.148. The van der Waals surface area contributed by atoms with Crippen LogP contribution in [0.4, 0.5) is 5.82 Å². The van der Waals surface area contributed by atoms with Gasteiger partial charge in [-0.15, -0.1) is 0 Å². The molecule has 0 radical (unpaired) electrons. The van der Waals surface area contributed by atoms with Crippen molar-refractivity contribution in [2.24, 2.45) is 17.3 Å². The van der Waals surface area contributed by atoms with Crippen molar-refractivity contribution >= 4 is 11.7 Å². The van der Waals surface area contributed by atoms with E-state index >= 15 is 0 Å². The number of nitrogens with zero attached hydrogens (tertiary/aromatic N) is 5. The summed E-state index contributed by atoms with van der Waals surface area (Å²) in [7, 11) is 2.22. The minimum atomic E-state index is -0.293. The van der Waals surface area contributed by atoms with Crippen LogP contribution < -0.4 is 9.64 Å². The Kier molecular flexibility index (Phi) is 8.46. The van der Waals surface area contributed by atoms with Gasteiger partial charge in [0.15, 0.2) is 0 Å². The molecular weight excluding hydrogens is 631 g/mol. The van der Waals surface area contributed by atoms with Gasteiger partial charge in [-0.05, 0) is 125 Å². The highest BCUT2D eigenvalue weighted by Gasteiger charge is 2.71. The summed E-state index contributed by atoms with van der Waals surface area (Å²) in [6, 6.07) is 23.3. The molecule has 5 saturated carbocycles. The van der Waals surface area contributed by atoms with Gasteiger partial charge in [0.2, 0.25) is 5.88 Å². The molecule has 51 heavy (non-hydrogen) atoms. The van der Waals surface area contributed by atoms with E-state index in [1.807, 2.05) is 31.2 Å². The number of rotatable bonds is 12. The first-order valence-electron chi connectivity index (χ1n) is 19.1. The Morgan fingerprint density at radius 1 is 0.902 bits per heavy atom. The number of pyridine rings is 1. The minimum Gasteiger partial charge on any atom is -0.475 e. The van der Waals surface area contributed by atoms with Gasteiger partial charge in [-0.25, -0.2) is 9.97 Å². The smallest absolute Gasteiger partial charge is 0.254 e. The van der Waals surface area contributed by atoms with E-state index in [4.69, 9.17) is 19.7 Å². The van der Waals surface area contributed by atoms with Crippen molar-refractivity contribution in [1.29, 1.82) is 0 Å². The predicted octanol–water partition coefficient (Wildman–Crippen LogP) is 9.28. The molecule has 5 fully saturated rings. The zero-order valence-electron chi connectivity index (χ0n) is 31.4. The SMILES string of the molecule is Cc1cccc(C(=O)N([C@@H](COc2cc(-c3c(C)cccc3C)nc(C)n2)CC(C)C)C23CC(C2)C3c2cccc(N(C)C3CC4(CC4)C3)n2)c1.[HH]. The van der Waals surface area contributed by atoms with Gasteiger partial charge in [0, 0.05) is 43.3 Å². The summed E-state index contributed by atoms with van der Waals surface area (Å²) >= 11 is 0. The number of hydrogen-bond acceptors (Lipinski definition) is 6. The van der Waals surface area contributed by atoms with Gasteiger partial charge in [0.1, 0.15) is 18.2 Å². The van der Waals surface area contributed by atoms with E-state index in [2.05, 4.69) is 93.9 Å². The lowest BCUT2D eigenvalue weighted by atomic mass is 9.40. The van der Waals surface area contributed by atoms with E-state index in [0.29, 0.717) is 41.6 Å². The molecule has 7 nitrogen and oxygen atoms in total. The third kappa shape index (κ3) is 6.10. The van der Waals surface area contributed by atoms with Crippen LogP contribution in [0.15, 0.2) is 66.7 Å². The maximum absolute atomic E-state index is 14.9. The molecule has 268 valence electrons. The van der Waals surface area contributed by atoms with Crippen LogP contribution in [0.5, 0.6) is 5.88 Å². The highest BCUT2D eigenvalue weighted by molar-refractivity contribution is 5.95. The van der Waals surface area contributed by atoms with Crippen LogP contribution in [0.1, 0.15) is 105 Å². The average molecular weight is 686 g/mol. The fraction of sp³-hybridized carbons (Fsp3) is 0.500. The van der Waals surface area contributed by atoms with Gasteiger partial charge < -0.3 is 14.5 Å². The Bertz CT molecular complexity index is 1940. The Labute approximate surface area is 305 Å². The summed E-state index contributed by atoms with van der Waals surface area (Å²) in [4.78, 5) is 34.5. The van der Waals surface area contributed by atoms with Crippen molar-refractivity contribution in [3.05, 3.63) is 101 Å². The van der Waals surface area contributed by atoms with Gasteiger partial charge in [-0.1, -0.05) is 55.8 Å². The predicted molar refractivity (Wildman–Crippen MR) is 205 cm³/mol. The molecule has 9 rings (SSSR count). The van der Waals surface area contributed by atoms with Gasteiger partial charge in [0.25, 0.3) is 5.91 Å². The van der Waals surface area contributed by atoms with Gasteiger partial charge >= 0.3 is 0 Å². The number of aromatic nitrogens is 3. The largest absolute Gasteiger partial charge is 0.475 e. The van der Waals surface area contributed by atoms with Gasteiger partial charge in [-0.2, -0.15) is 4.98 Å². The van der Waals surface area contributed by atoms with Crippen molar-refractivity contribution in [2.75, 3.05) is 18.6 Å². The molecule has 1 amide bonds. The Morgan fingerprint density at radius 2 is 1.61 bits per heavy atom. The van der Waals surface area contributed by atoms with Gasteiger partial charge in [0.05, 0.1) is 17.3 Å². The van der Waals surface area contributed by atoms with E-state index in [1.54, 1.807) is 0 Å². The number of ether oxygens (including phenoxy) is 1. The summed E-state index contributed by atoms with van der Waals surface area (Å²) in [5.74, 6) is 3.48. The van der Waals surface area contributed by atoms with Crippen LogP contribution in [0.3, 0.4) is 0 Å². The summed E-state index contributed by atoms with van der Waals surface area (Å²) in [6.45, 7) is 13.1. The molecule has 5 aliphatic carbocycles. The van der Waals surface area contributed by atoms with Crippen molar-refractivity contribution in [2.45, 2.75) is 110 Å². The van der Waals surface area contributed by atoms with Crippen LogP contribution in [-0.4, -0.2) is 57.0 Å². The molecule has 2 bridgehead atoms. The molecule has 0 aliphatic heterocycles. The topological polar surface area (TPSA) is 71.5 Å². The number of anilines is 1. The standard InChI is InChI=1S/C44H53N5O2.H2/c1-27(2)19-34(26-51-39-21-37(45-31(6)46-39)40-29(4)12-9-13-30(40)5)49(42(50)32-14-8-11-28(3)20-32)44-22-33(23-44)41(44)36-15-10-16-38(47-36)48(7)35-24-43(25-35)17-18-43;/h8-16,20-21,27,33-35,41H,17-19,22-26H2,1-7H3;1H/t33?,34-,41?,44?;/m1./s1. The first-order chi connectivity index (χ1) is 24.4. The van der Waals surface area contributed by atoms with E-state index < -0.39 is 0 Å². The Hall–Kier alpha value is -4.26. The first-order valence-corrected chi connectivity index (χ1v) is 19.1. The molecule has 2 heterocycles. The highest BCUT2D eigenvalue weighted by Crippen LogP contribution is 2.70. The molecule has 0 saturated heterocycles. The maximum atomic E-state index is 14.9. The molecule has 2 aromatic carbocycles. The fourth-order valence-corrected chi connectivity index (χ4v) is 9.70. The summed E-state index contributed by atoms with van der Waals surface area (Å²) < 4.78 is 6.65. The van der Waals surface area contributed by atoms with Gasteiger partial charge in [-0.3, -0.25) is 4.79 Å². The molecule has 5 aliphatic rings. The third-order valence-electron chi connectivity index (χ3n) is 12.6. The van der Waals surface area contributed by atoms with E-state index in [-0.39, 0.29) is 24.8 Å². The zero-order valence-corrected chi connectivity index (χ0v) is 31.4. The van der Waals surface area contributed by atoms with Crippen LogP contribution >= 0.6 is 0 Å². The molecule has 4 aromatic rings. The van der Waals surface area contributed by atoms with Crippen LogP contribution in [0.2, 0.25) is 0 Å². The fourth-order valence-electron chi connectivity index (χ4n) is 9.70.